The monoisotopic (exact) mass is 210 g/mol. The summed E-state index contributed by atoms with van der Waals surface area (Å²) in [5.74, 6) is 0. The largest absolute Gasteiger partial charge is 0.422 e. The summed E-state index contributed by atoms with van der Waals surface area (Å²) in [4.78, 5) is 0. The minimum Gasteiger partial charge on any atom is -0.188 e. The van der Waals surface area contributed by atoms with Crippen molar-refractivity contribution in [2.75, 3.05) is 0 Å². The Bertz CT molecular complexity index is 309. The predicted molar refractivity (Wildman–Crippen MR) is 42.3 cm³/mol. The van der Waals surface area contributed by atoms with Crippen molar-refractivity contribution in [3.8, 4) is 0 Å². The van der Waals surface area contributed by atoms with Gasteiger partial charge in [-0.1, -0.05) is 0 Å². The lowest BCUT2D eigenvalue weighted by molar-refractivity contribution is -0.692. The molecule has 0 aliphatic rings. The summed E-state index contributed by atoms with van der Waals surface area (Å²) in [7, 11) is 0. The summed E-state index contributed by atoms with van der Waals surface area (Å²) >= 11 is 5.64. The van der Waals surface area contributed by atoms with Crippen LogP contribution in [0.3, 0.4) is 0 Å². The first-order valence-corrected chi connectivity index (χ1v) is 4.09. The van der Waals surface area contributed by atoms with Gasteiger partial charge in [0.2, 0.25) is 0 Å². The molecule has 1 heterocycles. The molecule has 1 aromatic heterocycles. The van der Waals surface area contributed by atoms with E-state index in [1.54, 1.807) is 6.92 Å². The summed E-state index contributed by atoms with van der Waals surface area (Å²) < 4.78 is 37.9. The van der Waals surface area contributed by atoms with Crippen molar-refractivity contribution in [1.82, 2.24) is 0 Å². The van der Waals surface area contributed by atoms with E-state index in [2.05, 4.69) is 0 Å². The zero-order valence-electron chi connectivity index (χ0n) is 6.90. The number of aromatic nitrogens is 1. The Balaban J connectivity index is 3.14. The third-order valence-corrected chi connectivity index (χ3v) is 1.98. The smallest absolute Gasteiger partial charge is 0.188 e. The zero-order valence-corrected chi connectivity index (χ0v) is 7.65. The Hall–Kier alpha value is -0.770. The molecular formula is C8H8ClF3N+. The lowest BCUT2D eigenvalue weighted by Crippen LogP contribution is -2.34. The third-order valence-electron chi connectivity index (χ3n) is 1.64. The van der Waals surface area contributed by atoms with E-state index in [0.717, 1.165) is 12.3 Å². The molecule has 1 nitrogen and oxygen atoms in total. The molecular weight excluding hydrogens is 203 g/mol. The minimum atomic E-state index is -4.30. The Morgan fingerprint density at radius 3 is 2.46 bits per heavy atom. The summed E-state index contributed by atoms with van der Waals surface area (Å²) in [6.07, 6.45) is -3.30. The molecule has 0 bridgehead atoms. The SMILES string of the molecule is CC[n+]1cc(C(F)(F)F)ccc1Cl. The lowest BCUT2D eigenvalue weighted by atomic mass is 10.3. The van der Waals surface area contributed by atoms with E-state index in [9.17, 15) is 13.2 Å². The van der Waals surface area contributed by atoms with Gasteiger partial charge in [0.25, 0.3) is 5.15 Å². The number of hydrogen-bond acceptors (Lipinski definition) is 0. The summed E-state index contributed by atoms with van der Waals surface area (Å²) in [6.45, 7) is 2.15. The van der Waals surface area contributed by atoms with Crippen LogP contribution in [0.15, 0.2) is 18.3 Å². The molecule has 5 heteroatoms. The minimum absolute atomic E-state index is 0.301. The predicted octanol–water partition coefficient (Wildman–Crippen LogP) is 2.67. The van der Waals surface area contributed by atoms with Gasteiger partial charge in [-0.05, 0) is 24.6 Å². The van der Waals surface area contributed by atoms with Crippen LogP contribution in [0.2, 0.25) is 5.15 Å². The first kappa shape index (κ1) is 10.3. The average Bonchev–Trinajstić information content (AvgIpc) is 2.03. The lowest BCUT2D eigenvalue weighted by Gasteiger charge is -2.04. The zero-order chi connectivity index (χ0) is 10.1. The summed E-state index contributed by atoms with van der Waals surface area (Å²) in [6, 6.07) is 2.21. The topological polar surface area (TPSA) is 3.88 Å². The van der Waals surface area contributed by atoms with Crippen LogP contribution >= 0.6 is 11.6 Å². The van der Waals surface area contributed by atoms with Crippen LogP contribution in [0.4, 0.5) is 13.2 Å². The van der Waals surface area contributed by atoms with Gasteiger partial charge in [0, 0.05) is 6.07 Å². The second-order valence-electron chi connectivity index (χ2n) is 2.52. The van der Waals surface area contributed by atoms with Gasteiger partial charge in [-0.3, -0.25) is 0 Å². The van der Waals surface area contributed by atoms with Gasteiger partial charge >= 0.3 is 6.18 Å². The summed E-state index contributed by atoms with van der Waals surface area (Å²) in [5.41, 5.74) is -0.682. The van der Waals surface area contributed by atoms with E-state index in [1.165, 1.54) is 10.6 Å². The molecule has 13 heavy (non-hydrogen) atoms. The Morgan fingerprint density at radius 1 is 1.38 bits per heavy atom. The second kappa shape index (κ2) is 3.54. The van der Waals surface area contributed by atoms with Gasteiger partial charge in [-0.25, -0.2) is 0 Å². The van der Waals surface area contributed by atoms with Gasteiger partial charge in [-0.15, -0.1) is 0 Å². The molecule has 1 rings (SSSR count). The number of alkyl halides is 3. The highest BCUT2D eigenvalue weighted by Crippen LogP contribution is 2.28. The Morgan fingerprint density at radius 2 is 2.00 bits per heavy atom. The van der Waals surface area contributed by atoms with Crippen LogP contribution < -0.4 is 4.57 Å². The molecule has 0 N–H and O–H groups in total. The van der Waals surface area contributed by atoms with E-state index < -0.39 is 11.7 Å². The maximum Gasteiger partial charge on any atom is 0.422 e. The molecule has 72 valence electrons. The standard InChI is InChI=1S/C8H8ClF3N/c1-2-13-5-6(8(10,11)12)3-4-7(13)9/h3-5H,2H2,1H3/q+1. The van der Waals surface area contributed by atoms with Crippen molar-refractivity contribution >= 4 is 11.6 Å². The molecule has 0 aliphatic heterocycles. The van der Waals surface area contributed by atoms with Crippen molar-refractivity contribution in [2.45, 2.75) is 19.6 Å². The van der Waals surface area contributed by atoms with Gasteiger partial charge in [0.15, 0.2) is 6.20 Å². The Labute approximate surface area is 78.8 Å². The normalized spacial score (nSPS) is 11.8. The molecule has 0 aromatic carbocycles. The Kier molecular flexibility index (Phi) is 2.81. The number of rotatable bonds is 1. The number of halogens is 4. The van der Waals surface area contributed by atoms with E-state index in [0.29, 0.717) is 11.7 Å². The van der Waals surface area contributed by atoms with Crippen LogP contribution in [0, 0.1) is 0 Å². The summed E-state index contributed by atoms with van der Waals surface area (Å²) in [5, 5.41) is 0.301. The van der Waals surface area contributed by atoms with Gasteiger partial charge < -0.3 is 0 Å². The fourth-order valence-electron chi connectivity index (χ4n) is 0.937. The van der Waals surface area contributed by atoms with E-state index >= 15 is 0 Å². The van der Waals surface area contributed by atoms with Crippen molar-refractivity contribution in [1.29, 1.82) is 0 Å². The van der Waals surface area contributed by atoms with Crippen LogP contribution in [0.1, 0.15) is 12.5 Å². The number of pyridine rings is 1. The highest BCUT2D eigenvalue weighted by molar-refractivity contribution is 6.28. The highest BCUT2D eigenvalue weighted by atomic mass is 35.5. The molecule has 0 aliphatic carbocycles. The highest BCUT2D eigenvalue weighted by Gasteiger charge is 2.33. The molecule has 0 unspecified atom stereocenters. The van der Waals surface area contributed by atoms with Crippen molar-refractivity contribution in [3.63, 3.8) is 0 Å². The van der Waals surface area contributed by atoms with E-state index in [-0.39, 0.29) is 0 Å². The molecule has 0 atom stereocenters. The van der Waals surface area contributed by atoms with E-state index in [4.69, 9.17) is 11.6 Å². The maximum atomic E-state index is 12.2. The van der Waals surface area contributed by atoms with Crippen molar-refractivity contribution in [2.24, 2.45) is 0 Å². The second-order valence-corrected chi connectivity index (χ2v) is 2.91. The van der Waals surface area contributed by atoms with Crippen LogP contribution in [-0.2, 0) is 12.7 Å². The molecule has 0 amide bonds. The number of hydrogen-bond donors (Lipinski definition) is 0. The fraction of sp³-hybridized carbons (Fsp3) is 0.375. The van der Waals surface area contributed by atoms with Gasteiger partial charge in [0.05, 0.1) is 0 Å². The molecule has 0 radical (unpaired) electrons. The van der Waals surface area contributed by atoms with Crippen LogP contribution in [0.5, 0.6) is 0 Å². The first-order valence-electron chi connectivity index (χ1n) is 3.71. The van der Waals surface area contributed by atoms with Crippen LogP contribution in [-0.4, -0.2) is 0 Å². The first-order chi connectivity index (χ1) is 5.95. The van der Waals surface area contributed by atoms with Crippen molar-refractivity contribution in [3.05, 3.63) is 29.0 Å². The van der Waals surface area contributed by atoms with Gasteiger partial charge in [-0.2, -0.15) is 17.7 Å². The average molecular weight is 211 g/mol. The molecule has 0 saturated heterocycles. The molecule has 0 fully saturated rings. The van der Waals surface area contributed by atoms with Crippen LogP contribution in [0.25, 0.3) is 0 Å². The molecule has 0 saturated carbocycles. The van der Waals surface area contributed by atoms with E-state index in [1.807, 2.05) is 0 Å². The third kappa shape index (κ3) is 2.34. The quantitative estimate of drug-likeness (QED) is 0.496. The molecule has 1 aromatic rings. The number of nitrogens with zero attached hydrogens (tertiary/aromatic N) is 1. The maximum absolute atomic E-state index is 12.2. The van der Waals surface area contributed by atoms with Crippen molar-refractivity contribution < 1.29 is 17.7 Å². The molecule has 0 spiro atoms. The number of aryl methyl sites for hydroxylation is 1. The van der Waals surface area contributed by atoms with Gasteiger partial charge in [0.1, 0.15) is 12.1 Å². The fourth-order valence-corrected chi connectivity index (χ4v) is 1.17.